The van der Waals surface area contributed by atoms with Crippen LogP contribution in [-0.2, 0) is 13.1 Å². The predicted molar refractivity (Wildman–Crippen MR) is 110 cm³/mol. The molecule has 0 N–H and O–H groups in total. The number of hydrogen-bond donors (Lipinski definition) is 0. The largest absolute Gasteiger partial charge is 0.486 e. The number of benzene rings is 2. The van der Waals surface area contributed by atoms with Gasteiger partial charge in [-0.15, -0.1) is 0 Å². The number of aromatic nitrogens is 1. The Morgan fingerprint density at radius 3 is 2.61 bits per heavy atom. The van der Waals surface area contributed by atoms with E-state index in [4.69, 9.17) is 21.1 Å². The van der Waals surface area contributed by atoms with Gasteiger partial charge in [-0.25, -0.2) is 0 Å². The number of fused-ring (bicyclic) bond motifs is 2. The van der Waals surface area contributed by atoms with Crippen LogP contribution < -0.4 is 9.47 Å². The molecule has 3 aromatic rings. The highest BCUT2D eigenvalue weighted by atomic mass is 35.5. The summed E-state index contributed by atoms with van der Waals surface area (Å²) in [5.41, 5.74) is 3.84. The predicted octanol–water partition coefficient (Wildman–Crippen LogP) is 4.91. The molecule has 5 heteroatoms. The van der Waals surface area contributed by atoms with Gasteiger partial charge in [-0.1, -0.05) is 29.8 Å². The highest BCUT2D eigenvalue weighted by molar-refractivity contribution is 6.30. The van der Waals surface area contributed by atoms with E-state index in [-0.39, 0.29) is 6.04 Å². The van der Waals surface area contributed by atoms with E-state index < -0.39 is 0 Å². The maximum absolute atomic E-state index is 6.15. The number of hydrogen-bond acceptors (Lipinski definition) is 3. The van der Waals surface area contributed by atoms with Crippen molar-refractivity contribution in [3.8, 4) is 11.5 Å². The zero-order valence-electron chi connectivity index (χ0n) is 15.7. The van der Waals surface area contributed by atoms with Gasteiger partial charge in [-0.3, -0.25) is 4.90 Å². The van der Waals surface area contributed by atoms with Crippen LogP contribution in [0.25, 0.3) is 0 Å². The molecular formula is C23H23ClN2O2. The fourth-order valence-corrected chi connectivity index (χ4v) is 4.38. The van der Waals surface area contributed by atoms with Crippen molar-refractivity contribution >= 4 is 11.6 Å². The van der Waals surface area contributed by atoms with Crippen molar-refractivity contribution in [3.05, 3.63) is 82.6 Å². The molecule has 0 amide bonds. The molecule has 2 aliphatic rings. The number of rotatable bonds is 3. The molecule has 1 aromatic heterocycles. The average molecular weight is 395 g/mol. The summed E-state index contributed by atoms with van der Waals surface area (Å²) < 4.78 is 13.8. The molecule has 1 unspecified atom stereocenters. The first kappa shape index (κ1) is 17.7. The Labute approximate surface area is 170 Å². The topological polar surface area (TPSA) is 26.6 Å². The third kappa shape index (κ3) is 3.38. The molecule has 2 aromatic carbocycles. The lowest BCUT2D eigenvalue weighted by Gasteiger charge is -2.31. The Morgan fingerprint density at radius 1 is 0.929 bits per heavy atom. The Hall–Kier alpha value is -2.43. The summed E-state index contributed by atoms with van der Waals surface area (Å²) >= 11 is 6.15. The van der Waals surface area contributed by atoms with E-state index in [2.05, 4.69) is 52.1 Å². The minimum absolute atomic E-state index is 0.197. The first-order chi connectivity index (χ1) is 13.8. The third-order valence-corrected chi connectivity index (χ3v) is 5.78. The second-order valence-electron chi connectivity index (χ2n) is 7.38. The Balaban J connectivity index is 1.50. The minimum atomic E-state index is 0.197. The first-order valence-corrected chi connectivity index (χ1v) is 10.2. The molecule has 4 nitrogen and oxygen atoms in total. The van der Waals surface area contributed by atoms with Crippen molar-refractivity contribution in [3.63, 3.8) is 0 Å². The Morgan fingerprint density at radius 2 is 1.75 bits per heavy atom. The molecule has 28 heavy (non-hydrogen) atoms. The Kier molecular flexibility index (Phi) is 4.75. The van der Waals surface area contributed by atoms with Gasteiger partial charge in [0, 0.05) is 36.5 Å². The molecule has 0 saturated carbocycles. The summed E-state index contributed by atoms with van der Waals surface area (Å²) in [6, 6.07) is 19.1. The molecule has 2 aliphatic heterocycles. The zero-order chi connectivity index (χ0) is 18.9. The zero-order valence-corrected chi connectivity index (χ0v) is 16.4. The van der Waals surface area contributed by atoms with Crippen LogP contribution in [-0.4, -0.2) is 29.2 Å². The van der Waals surface area contributed by atoms with Crippen molar-refractivity contribution in [1.29, 1.82) is 0 Å². The van der Waals surface area contributed by atoms with Gasteiger partial charge in [0.1, 0.15) is 13.2 Å². The van der Waals surface area contributed by atoms with Gasteiger partial charge in [0.05, 0.1) is 6.04 Å². The molecular weight excluding hydrogens is 372 g/mol. The van der Waals surface area contributed by atoms with Crippen molar-refractivity contribution < 1.29 is 9.47 Å². The first-order valence-electron chi connectivity index (χ1n) is 9.81. The average Bonchev–Trinajstić information content (AvgIpc) is 3.11. The number of ether oxygens (including phenoxy) is 2. The number of aryl methyl sites for hydroxylation is 1. The number of nitrogens with zero attached hydrogens (tertiary/aromatic N) is 2. The highest BCUT2D eigenvalue weighted by Gasteiger charge is 2.27. The molecule has 0 saturated heterocycles. The third-order valence-electron chi connectivity index (χ3n) is 5.53. The van der Waals surface area contributed by atoms with E-state index in [0.717, 1.165) is 42.6 Å². The molecule has 144 valence electrons. The molecule has 0 aliphatic carbocycles. The Bertz CT molecular complexity index is 967. The smallest absolute Gasteiger partial charge is 0.161 e. The van der Waals surface area contributed by atoms with Crippen molar-refractivity contribution in [2.45, 2.75) is 25.6 Å². The van der Waals surface area contributed by atoms with Gasteiger partial charge in [0.2, 0.25) is 0 Å². The monoisotopic (exact) mass is 394 g/mol. The van der Waals surface area contributed by atoms with E-state index >= 15 is 0 Å². The summed E-state index contributed by atoms with van der Waals surface area (Å²) in [4.78, 5) is 2.55. The highest BCUT2D eigenvalue weighted by Crippen LogP contribution is 2.35. The fourth-order valence-electron chi connectivity index (χ4n) is 4.26. The van der Waals surface area contributed by atoms with Crippen LogP contribution in [0.15, 0.2) is 60.8 Å². The minimum Gasteiger partial charge on any atom is -0.486 e. The second-order valence-corrected chi connectivity index (χ2v) is 7.82. The molecule has 0 spiro atoms. The van der Waals surface area contributed by atoms with Gasteiger partial charge in [0.25, 0.3) is 0 Å². The summed E-state index contributed by atoms with van der Waals surface area (Å²) in [6.07, 6.45) is 3.31. The van der Waals surface area contributed by atoms with Gasteiger partial charge in [0.15, 0.2) is 11.5 Å². The van der Waals surface area contributed by atoms with Crippen molar-refractivity contribution in [1.82, 2.24) is 9.47 Å². The molecule has 1 atom stereocenters. The van der Waals surface area contributed by atoms with Crippen LogP contribution >= 0.6 is 11.6 Å². The van der Waals surface area contributed by atoms with Crippen LogP contribution in [0, 0.1) is 0 Å². The fraction of sp³-hybridized carbons (Fsp3) is 0.304. The lowest BCUT2D eigenvalue weighted by atomic mass is 10.0. The van der Waals surface area contributed by atoms with E-state index in [0.29, 0.717) is 13.2 Å². The van der Waals surface area contributed by atoms with Crippen molar-refractivity contribution in [2.24, 2.45) is 0 Å². The molecule has 5 rings (SSSR count). The van der Waals surface area contributed by atoms with Gasteiger partial charge < -0.3 is 14.0 Å². The SMILES string of the molecule is Clc1ccc(C2c3cccn3CCCN2Cc2ccc3c(c2)OCCO3)cc1. The standard InChI is InChI=1S/C23H23ClN2O2/c24-19-7-5-18(6-8-19)23-20-3-1-10-25(20)11-2-12-26(23)16-17-4-9-21-22(15-17)28-14-13-27-21/h1,3-10,15,23H,2,11-14,16H2. The van der Waals surface area contributed by atoms with Crippen LogP contribution in [0.1, 0.15) is 29.3 Å². The van der Waals surface area contributed by atoms with Crippen LogP contribution in [0.3, 0.4) is 0 Å². The summed E-state index contributed by atoms with van der Waals surface area (Å²) in [5.74, 6) is 1.69. The molecule has 0 radical (unpaired) electrons. The lowest BCUT2D eigenvalue weighted by Crippen LogP contribution is -2.29. The lowest BCUT2D eigenvalue weighted by molar-refractivity contribution is 0.170. The van der Waals surface area contributed by atoms with E-state index in [1.807, 2.05) is 18.2 Å². The van der Waals surface area contributed by atoms with Crippen LogP contribution in [0.2, 0.25) is 5.02 Å². The van der Waals surface area contributed by atoms with Crippen molar-refractivity contribution in [2.75, 3.05) is 19.8 Å². The maximum atomic E-state index is 6.15. The quantitative estimate of drug-likeness (QED) is 0.631. The summed E-state index contributed by atoms with van der Waals surface area (Å²) in [6.45, 7) is 4.16. The maximum Gasteiger partial charge on any atom is 0.161 e. The van der Waals surface area contributed by atoms with Crippen LogP contribution in [0.4, 0.5) is 0 Å². The van der Waals surface area contributed by atoms with Gasteiger partial charge >= 0.3 is 0 Å². The van der Waals surface area contributed by atoms with E-state index in [1.165, 1.54) is 16.8 Å². The van der Waals surface area contributed by atoms with Gasteiger partial charge in [-0.2, -0.15) is 0 Å². The van der Waals surface area contributed by atoms with Crippen LogP contribution in [0.5, 0.6) is 11.5 Å². The normalized spacial score (nSPS) is 19.1. The second kappa shape index (κ2) is 7.53. The van der Waals surface area contributed by atoms with Gasteiger partial charge in [-0.05, 0) is 53.9 Å². The van der Waals surface area contributed by atoms with E-state index in [1.54, 1.807) is 0 Å². The molecule has 0 fully saturated rings. The summed E-state index contributed by atoms with van der Waals surface area (Å²) in [7, 11) is 0. The number of halogens is 1. The molecule has 3 heterocycles. The van der Waals surface area contributed by atoms with E-state index in [9.17, 15) is 0 Å². The molecule has 0 bridgehead atoms. The summed E-state index contributed by atoms with van der Waals surface area (Å²) in [5, 5.41) is 0.770.